The summed E-state index contributed by atoms with van der Waals surface area (Å²) >= 11 is 0. The van der Waals surface area contributed by atoms with E-state index in [-0.39, 0.29) is 12.0 Å². The molecule has 0 saturated carbocycles. The molecule has 1 fully saturated rings. The molecule has 1 rings (SSSR count). The van der Waals surface area contributed by atoms with Crippen molar-refractivity contribution in [3.63, 3.8) is 0 Å². The number of carbonyl (C=O) groups excluding carboxylic acids is 1. The van der Waals surface area contributed by atoms with E-state index >= 15 is 0 Å². The quantitative estimate of drug-likeness (QED) is 0.736. The van der Waals surface area contributed by atoms with Gasteiger partial charge in [0.2, 0.25) is 0 Å². The van der Waals surface area contributed by atoms with Gasteiger partial charge in [-0.05, 0) is 46.0 Å². The molecule has 22 heavy (non-hydrogen) atoms. The topological polar surface area (TPSA) is 78.9 Å². The van der Waals surface area contributed by atoms with Crippen molar-refractivity contribution in [2.75, 3.05) is 13.1 Å². The van der Waals surface area contributed by atoms with Crippen molar-refractivity contribution in [2.24, 2.45) is 5.92 Å². The van der Waals surface area contributed by atoms with Gasteiger partial charge in [0.05, 0.1) is 0 Å². The van der Waals surface area contributed by atoms with Gasteiger partial charge in [-0.25, -0.2) is 4.79 Å². The summed E-state index contributed by atoms with van der Waals surface area (Å²) in [6.45, 7) is 10.7. The lowest BCUT2D eigenvalue weighted by Crippen LogP contribution is -2.48. The van der Waals surface area contributed by atoms with Crippen LogP contribution in [0.25, 0.3) is 0 Å². The fourth-order valence-corrected chi connectivity index (χ4v) is 2.69. The Labute approximate surface area is 133 Å². The van der Waals surface area contributed by atoms with E-state index < -0.39 is 17.7 Å². The number of hydrogen-bond donors (Lipinski definition) is 2. The molecule has 0 bridgehead atoms. The van der Waals surface area contributed by atoms with Gasteiger partial charge in [0.15, 0.2) is 0 Å². The SMILES string of the molecule is CC(C)C[C@H](NC[C@H]1CCCN1C(=O)O)C(=O)OC(C)(C)C. The fourth-order valence-electron chi connectivity index (χ4n) is 2.69. The second kappa shape index (κ2) is 7.81. The number of ether oxygens (including phenoxy) is 1. The second-order valence-corrected chi connectivity index (χ2v) is 7.40. The third-order valence-corrected chi connectivity index (χ3v) is 3.62. The number of likely N-dealkylation sites (tertiary alicyclic amines) is 1. The Balaban J connectivity index is 2.61. The van der Waals surface area contributed by atoms with Crippen LogP contribution < -0.4 is 5.32 Å². The highest BCUT2D eigenvalue weighted by molar-refractivity contribution is 5.76. The first-order chi connectivity index (χ1) is 10.1. The zero-order valence-electron chi connectivity index (χ0n) is 14.4. The van der Waals surface area contributed by atoms with Crippen molar-refractivity contribution in [2.45, 2.75) is 71.6 Å². The molecule has 1 amide bonds. The Bertz CT molecular complexity index is 390. The van der Waals surface area contributed by atoms with Crippen LogP contribution in [0.15, 0.2) is 0 Å². The third-order valence-electron chi connectivity index (χ3n) is 3.62. The first-order valence-corrected chi connectivity index (χ1v) is 8.06. The number of carboxylic acid groups (broad SMARTS) is 1. The highest BCUT2D eigenvalue weighted by Gasteiger charge is 2.31. The van der Waals surface area contributed by atoms with Crippen LogP contribution in [0.1, 0.15) is 53.9 Å². The molecule has 1 aliphatic rings. The van der Waals surface area contributed by atoms with E-state index in [1.165, 1.54) is 4.90 Å². The van der Waals surface area contributed by atoms with Crippen LogP contribution in [0.3, 0.4) is 0 Å². The lowest BCUT2D eigenvalue weighted by atomic mass is 10.0. The summed E-state index contributed by atoms with van der Waals surface area (Å²) < 4.78 is 5.46. The maximum atomic E-state index is 12.3. The molecule has 6 heteroatoms. The predicted molar refractivity (Wildman–Crippen MR) is 84.8 cm³/mol. The van der Waals surface area contributed by atoms with Gasteiger partial charge in [-0.2, -0.15) is 0 Å². The van der Waals surface area contributed by atoms with Crippen molar-refractivity contribution in [1.29, 1.82) is 0 Å². The van der Waals surface area contributed by atoms with Crippen molar-refractivity contribution >= 4 is 12.1 Å². The molecule has 2 N–H and O–H groups in total. The molecule has 1 saturated heterocycles. The van der Waals surface area contributed by atoms with Gasteiger partial charge >= 0.3 is 12.1 Å². The van der Waals surface area contributed by atoms with E-state index in [2.05, 4.69) is 19.2 Å². The van der Waals surface area contributed by atoms with E-state index in [1.807, 2.05) is 20.8 Å². The van der Waals surface area contributed by atoms with Gasteiger partial charge in [-0.1, -0.05) is 13.8 Å². The standard InChI is InChI=1S/C16H30N2O4/c1-11(2)9-13(14(19)22-16(3,4)5)17-10-12-7-6-8-18(12)15(20)21/h11-13,17H,6-10H2,1-5H3,(H,20,21)/t12-,13+/m1/s1. The molecule has 0 spiro atoms. The van der Waals surface area contributed by atoms with Crippen LogP contribution in [0.4, 0.5) is 4.79 Å². The van der Waals surface area contributed by atoms with E-state index in [1.54, 1.807) is 0 Å². The lowest BCUT2D eigenvalue weighted by molar-refractivity contribution is -0.158. The molecule has 0 aromatic heterocycles. The molecule has 0 aromatic carbocycles. The summed E-state index contributed by atoms with van der Waals surface area (Å²) in [5.41, 5.74) is -0.519. The van der Waals surface area contributed by atoms with E-state index in [9.17, 15) is 9.59 Å². The largest absolute Gasteiger partial charge is 0.465 e. The number of nitrogens with one attached hydrogen (secondary N) is 1. The van der Waals surface area contributed by atoms with Crippen LogP contribution in [-0.4, -0.2) is 52.8 Å². The predicted octanol–water partition coefficient (Wildman–Crippen LogP) is 2.47. The highest BCUT2D eigenvalue weighted by Crippen LogP contribution is 2.18. The first-order valence-electron chi connectivity index (χ1n) is 8.06. The zero-order chi connectivity index (χ0) is 16.9. The third kappa shape index (κ3) is 6.22. The van der Waals surface area contributed by atoms with Gasteiger partial charge in [0.1, 0.15) is 11.6 Å². The zero-order valence-corrected chi connectivity index (χ0v) is 14.4. The molecule has 128 valence electrons. The molecule has 0 unspecified atom stereocenters. The van der Waals surface area contributed by atoms with E-state index in [0.717, 1.165) is 12.8 Å². The number of rotatable bonds is 6. The maximum absolute atomic E-state index is 12.3. The Hall–Kier alpha value is -1.30. The monoisotopic (exact) mass is 314 g/mol. The highest BCUT2D eigenvalue weighted by atomic mass is 16.6. The van der Waals surface area contributed by atoms with E-state index in [0.29, 0.717) is 25.4 Å². The summed E-state index contributed by atoms with van der Waals surface area (Å²) in [4.78, 5) is 24.9. The van der Waals surface area contributed by atoms with Crippen molar-refractivity contribution in [3.8, 4) is 0 Å². The summed E-state index contributed by atoms with van der Waals surface area (Å²) in [7, 11) is 0. The summed E-state index contributed by atoms with van der Waals surface area (Å²) in [5.74, 6) is 0.0882. The number of carbonyl (C=O) groups is 2. The molecule has 0 aliphatic carbocycles. The molecule has 6 nitrogen and oxygen atoms in total. The Kier molecular flexibility index (Phi) is 6.66. The first kappa shape index (κ1) is 18.7. The Morgan fingerprint density at radius 3 is 2.50 bits per heavy atom. The van der Waals surface area contributed by atoms with Crippen molar-refractivity contribution in [1.82, 2.24) is 10.2 Å². The van der Waals surface area contributed by atoms with Crippen LogP contribution in [0.5, 0.6) is 0 Å². The number of esters is 1. The minimum absolute atomic E-state index is 0.0606. The molecular formula is C16H30N2O4. The molecule has 0 aromatic rings. The van der Waals surface area contributed by atoms with Gasteiger partial charge in [-0.3, -0.25) is 4.79 Å². The second-order valence-electron chi connectivity index (χ2n) is 7.40. The normalized spacial score (nSPS) is 20.3. The van der Waals surface area contributed by atoms with Gasteiger partial charge in [-0.15, -0.1) is 0 Å². The average molecular weight is 314 g/mol. The van der Waals surface area contributed by atoms with Gasteiger partial charge in [0, 0.05) is 19.1 Å². The minimum atomic E-state index is -0.887. The number of nitrogens with zero attached hydrogens (tertiary/aromatic N) is 1. The summed E-state index contributed by atoms with van der Waals surface area (Å²) in [6.07, 6.45) is 1.50. The number of hydrogen-bond acceptors (Lipinski definition) is 4. The van der Waals surface area contributed by atoms with Gasteiger partial charge < -0.3 is 20.1 Å². The number of amides is 1. The molecule has 1 aliphatic heterocycles. The van der Waals surface area contributed by atoms with Crippen LogP contribution >= 0.6 is 0 Å². The Morgan fingerprint density at radius 1 is 1.36 bits per heavy atom. The van der Waals surface area contributed by atoms with Gasteiger partial charge in [0.25, 0.3) is 0 Å². The lowest BCUT2D eigenvalue weighted by Gasteiger charge is -2.28. The minimum Gasteiger partial charge on any atom is -0.465 e. The fraction of sp³-hybridized carbons (Fsp3) is 0.875. The van der Waals surface area contributed by atoms with Crippen LogP contribution in [0, 0.1) is 5.92 Å². The molecular weight excluding hydrogens is 284 g/mol. The molecule has 1 heterocycles. The van der Waals surface area contributed by atoms with Crippen molar-refractivity contribution < 1.29 is 19.4 Å². The van der Waals surface area contributed by atoms with E-state index in [4.69, 9.17) is 9.84 Å². The summed E-state index contributed by atoms with van der Waals surface area (Å²) in [5, 5.41) is 12.4. The smallest absolute Gasteiger partial charge is 0.407 e. The van der Waals surface area contributed by atoms with Crippen LogP contribution in [-0.2, 0) is 9.53 Å². The molecule has 0 radical (unpaired) electrons. The molecule has 2 atom stereocenters. The maximum Gasteiger partial charge on any atom is 0.407 e. The summed E-state index contributed by atoms with van der Waals surface area (Å²) in [6, 6.07) is -0.454. The Morgan fingerprint density at radius 2 is 2.00 bits per heavy atom. The van der Waals surface area contributed by atoms with Crippen LogP contribution in [0.2, 0.25) is 0 Å². The average Bonchev–Trinajstić information content (AvgIpc) is 2.80. The van der Waals surface area contributed by atoms with Crippen molar-refractivity contribution in [3.05, 3.63) is 0 Å².